The Balaban J connectivity index is 2.26. The minimum Gasteiger partial charge on any atom is -0.197 e. The summed E-state index contributed by atoms with van der Waals surface area (Å²) in [5.74, 6) is -0.835. The van der Waals surface area contributed by atoms with Crippen LogP contribution in [0.25, 0.3) is 0 Å². The van der Waals surface area contributed by atoms with E-state index in [1.54, 1.807) is 0 Å². The van der Waals surface area contributed by atoms with Gasteiger partial charge in [-0.3, -0.25) is 0 Å². The van der Waals surface area contributed by atoms with Crippen molar-refractivity contribution < 1.29 is 0 Å². The van der Waals surface area contributed by atoms with Gasteiger partial charge in [0.25, 0.3) is 0 Å². The van der Waals surface area contributed by atoms with Crippen LogP contribution in [0.4, 0.5) is 0 Å². The Morgan fingerprint density at radius 2 is 1.11 bits per heavy atom. The molecule has 128 valence electrons. The molecular weight excluding hydrogens is 332 g/mol. The zero-order valence-corrected chi connectivity index (χ0v) is 14.6. The van der Waals surface area contributed by atoms with Gasteiger partial charge in [0.05, 0.1) is 12.1 Å². The third-order valence-corrected chi connectivity index (χ3v) is 5.35. The van der Waals surface area contributed by atoms with E-state index in [-0.39, 0.29) is 5.57 Å². The van der Waals surface area contributed by atoms with Gasteiger partial charge in [-0.05, 0) is 29.5 Å². The van der Waals surface area contributed by atoms with Crippen LogP contribution in [0.15, 0.2) is 71.8 Å². The highest BCUT2D eigenvalue weighted by Gasteiger charge is 2.51. The molecule has 4 nitrogen and oxygen atoms in total. The Hall–Kier alpha value is -3.86. The van der Waals surface area contributed by atoms with Gasteiger partial charge in [0.2, 0.25) is 0 Å². The average molecular weight is 348 g/mol. The zero-order chi connectivity index (χ0) is 19.3. The summed E-state index contributed by atoms with van der Waals surface area (Å²) in [6.07, 6.45) is 0.704. The number of rotatable bonds is 2. The highest BCUT2D eigenvalue weighted by Crippen LogP contribution is 2.56. The third kappa shape index (κ3) is 3.06. The number of allylic oxidation sites excluding steroid dienone is 2. The predicted molar refractivity (Wildman–Crippen MR) is 99.5 cm³/mol. The molecule has 27 heavy (non-hydrogen) atoms. The lowest BCUT2D eigenvalue weighted by molar-refractivity contribution is 0.289. The van der Waals surface area contributed by atoms with Crippen molar-refractivity contribution in [2.75, 3.05) is 0 Å². The summed E-state index contributed by atoms with van der Waals surface area (Å²) in [4.78, 5) is 0. The lowest BCUT2D eigenvalue weighted by atomic mass is 9.56. The van der Waals surface area contributed by atoms with Gasteiger partial charge >= 0.3 is 0 Å². The Kier molecular flexibility index (Phi) is 5.04. The van der Waals surface area contributed by atoms with Crippen molar-refractivity contribution in [1.29, 1.82) is 21.0 Å². The van der Waals surface area contributed by atoms with Crippen LogP contribution in [-0.2, 0) is 0 Å². The number of nitrogens with zero attached hydrogens (tertiary/aromatic N) is 4. The van der Waals surface area contributed by atoms with Crippen molar-refractivity contribution in [1.82, 2.24) is 0 Å². The van der Waals surface area contributed by atoms with Crippen molar-refractivity contribution in [3.8, 4) is 24.3 Å². The molecule has 0 aliphatic heterocycles. The third-order valence-electron chi connectivity index (χ3n) is 5.35. The minimum absolute atomic E-state index is 0.0846. The Morgan fingerprint density at radius 3 is 1.44 bits per heavy atom. The molecule has 1 fully saturated rings. The van der Waals surface area contributed by atoms with Gasteiger partial charge in [0.1, 0.15) is 17.7 Å². The topological polar surface area (TPSA) is 95.2 Å². The number of nitriles is 4. The lowest BCUT2D eigenvalue weighted by Crippen LogP contribution is -2.37. The second-order valence-corrected chi connectivity index (χ2v) is 6.63. The first-order valence-corrected chi connectivity index (χ1v) is 8.64. The van der Waals surface area contributed by atoms with E-state index in [0.29, 0.717) is 18.4 Å². The van der Waals surface area contributed by atoms with Gasteiger partial charge in [0, 0.05) is 11.8 Å². The summed E-state index contributed by atoms with van der Waals surface area (Å²) < 4.78 is 0. The average Bonchev–Trinajstić information content (AvgIpc) is 2.75. The molecule has 0 N–H and O–H groups in total. The molecule has 2 atom stereocenters. The number of hydrogen-bond donors (Lipinski definition) is 0. The second-order valence-electron chi connectivity index (χ2n) is 6.63. The lowest BCUT2D eigenvalue weighted by Gasteiger charge is -2.42. The van der Waals surface area contributed by atoms with E-state index in [1.165, 1.54) is 0 Å². The molecule has 3 rings (SSSR count). The van der Waals surface area contributed by atoms with Crippen LogP contribution < -0.4 is 0 Å². The van der Waals surface area contributed by atoms with E-state index in [4.69, 9.17) is 0 Å². The van der Waals surface area contributed by atoms with Gasteiger partial charge in [-0.1, -0.05) is 60.7 Å². The maximum absolute atomic E-state index is 10.1. The highest BCUT2D eigenvalue weighted by atomic mass is 14.5. The van der Waals surface area contributed by atoms with E-state index in [0.717, 1.165) is 11.1 Å². The molecule has 0 heterocycles. The van der Waals surface area contributed by atoms with Crippen LogP contribution >= 0.6 is 0 Å². The fourth-order valence-electron chi connectivity index (χ4n) is 4.00. The van der Waals surface area contributed by atoms with Crippen LogP contribution in [0.5, 0.6) is 0 Å². The van der Waals surface area contributed by atoms with Gasteiger partial charge < -0.3 is 0 Å². The molecule has 0 unspecified atom stereocenters. The summed E-state index contributed by atoms with van der Waals surface area (Å²) >= 11 is 0. The smallest absolute Gasteiger partial charge is 0.158 e. The summed E-state index contributed by atoms with van der Waals surface area (Å²) in [6.45, 7) is 0. The molecule has 4 heteroatoms. The van der Waals surface area contributed by atoms with Crippen LogP contribution in [-0.4, -0.2) is 0 Å². The summed E-state index contributed by atoms with van der Waals surface area (Å²) in [5.41, 5.74) is 1.26. The van der Waals surface area contributed by atoms with E-state index in [1.807, 2.05) is 72.8 Å². The molecule has 1 aliphatic carbocycles. The first-order valence-electron chi connectivity index (χ1n) is 8.64. The SMILES string of the molecule is N#CC(C#N)=C1C[C@H](c2ccccc2)C(C#N)(C#N)[C@H](c2ccccc2)C1. The number of hydrogen-bond acceptors (Lipinski definition) is 4. The fraction of sp³-hybridized carbons (Fsp3) is 0.217. The molecule has 2 aromatic carbocycles. The molecule has 1 aliphatic rings. The van der Waals surface area contributed by atoms with Crippen molar-refractivity contribution in [3.63, 3.8) is 0 Å². The highest BCUT2D eigenvalue weighted by molar-refractivity contribution is 5.48. The Bertz CT molecular complexity index is 941. The van der Waals surface area contributed by atoms with Gasteiger partial charge in [-0.15, -0.1) is 0 Å². The minimum atomic E-state index is -1.28. The maximum atomic E-state index is 10.1. The monoisotopic (exact) mass is 348 g/mol. The molecule has 2 aromatic rings. The van der Waals surface area contributed by atoms with Crippen molar-refractivity contribution in [3.05, 3.63) is 82.9 Å². The standard InChI is InChI=1S/C23H16N4/c24-13-20(14-25)19-11-21(17-7-3-1-4-8-17)23(15-26,16-27)22(12-19)18-9-5-2-6-10-18/h1-10,21-22H,11-12H2/t21-,22+. The summed E-state index contributed by atoms with van der Waals surface area (Å²) in [6, 6.07) is 27.5. The van der Waals surface area contributed by atoms with Crippen LogP contribution in [0.2, 0.25) is 0 Å². The normalized spacial score (nSPS) is 20.4. The van der Waals surface area contributed by atoms with Gasteiger partial charge in [-0.2, -0.15) is 21.0 Å². The quantitative estimate of drug-likeness (QED) is 0.733. The fourth-order valence-corrected chi connectivity index (χ4v) is 4.00. The Labute approximate surface area is 158 Å². The zero-order valence-electron chi connectivity index (χ0n) is 14.6. The van der Waals surface area contributed by atoms with E-state index >= 15 is 0 Å². The molecular formula is C23H16N4. The first kappa shape index (κ1) is 17.9. The Morgan fingerprint density at radius 1 is 0.704 bits per heavy atom. The molecule has 0 amide bonds. The maximum Gasteiger partial charge on any atom is 0.158 e. The van der Waals surface area contributed by atoms with Gasteiger partial charge in [-0.25, -0.2) is 0 Å². The van der Waals surface area contributed by atoms with Crippen molar-refractivity contribution in [2.24, 2.45) is 5.41 Å². The van der Waals surface area contributed by atoms with E-state index < -0.39 is 17.3 Å². The molecule has 0 bridgehead atoms. The second kappa shape index (κ2) is 7.58. The van der Waals surface area contributed by atoms with Crippen LogP contribution in [0, 0.1) is 50.7 Å². The van der Waals surface area contributed by atoms with Gasteiger partial charge in [0.15, 0.2) is 5.41 Å². The van der Waals surface area contributed by atoms with Crippen LogP contribution in [0.1, 0.15) is 35.8 Å². The van der Waals surface area contributed by atoms with Crippen LogP contribution in [0.3, 0.4) is 0 Å². The first-order chi connectivity index (χ1) is 13.2. The van der Waals surface area contributed by atoms with E-state index in [9.17, 15) is 21.0 Å². The molecule has 0 radical (unpaired) electrons. The number of benzene rings is 2. The van der Waals surface area contributed by atoms with E-state index in [2.05, 4.69) is 12.1 Å². The van der Waals surface area contributed by atoms with Crippen molar-refractivity contribution >= 4 is 0 Å². The van der Waals surface area contributed by atoms with Crippen molar-refractivity contribution in [2.45, 2.75) is 24.7 Å². The summed E-state index contributed by atoms with van der Waals surface area (Å²) in [5, 5.41) is 39.0. The summed E-state index contributed by atoms with van der Waals surface area (Å²) in [7, 11) is 0. The predicted octanol–water partition coefficient (Wildman–Crippen LogP) is 4.73. The molecule has 0 aromatic heterocycles. The molecule has 0 spiro atoms. The largest absolute Gasteiger partial charge is 0.197 e. The molecule has 0 saturated heterocycles. The molecule has 1 saturated carbocycles.